The molecule has 0 bridgehead atoms. The summed E-state index contributed by atoms with van der Waals surface area (Å²) in [5, 5.41) is 2.82. The van der Waals surface area contributed by atoms with Gasteiger partial charge >= 0.3 is 0 Å². The van der Waals surface area contributed by atoms with Crippen LogP contribution >= 0.6 is 11.6 Å². The summed E-state index contributed by atoms with van der Waals surface area (Å²) in [5.41, 5.74) is 5.21. The Kier molecular flexibility index (Phi) is 4.13. The van der Waals surface area contributed by atoms with Gasteiger partial charge < -0.3 is 15.8 Å². The topological polar surface area (TPSA) is 81.4 Å². The first-order chi connectivity index (χ1) is 7.54. The second-order valence-corrected chi connectivity index (χ2v) is 3.43. The molecule has 0 unspecified atom stereocenters. The Bertz CT molecular complexity index is 421. The first-order valence-electron chi connectivity index (χ1n) is 4.44. The van der Waals surface area contributed by atoms with Crippen LogP contribution in [0.3, 0.4) is 0 Å². The minimum atomic E-state index is -0.610. The molecule has 0 aliphatic carbocycles. The van der Waals surface area contributed by atoms with Gasteiger partial charge in [0.15, 0.2) is 0 Å². The van der Waals surface area contributed by atoms with Crippen molar-refractivity contribution in [2.75, 3.05) is 13.7 Å². The lowest BCUT2D eigenvalue weighted by Crippen LogP contribution is -2.33. The fourth-order valence-corrected chi connectivity index (χ4v) is 1.28. The number of nitrogens with two attached hydrogens (primary N) is 1. The molecule has 16 heavy (non-hydrogen) atoms. The van der Waals surface area contributed by atoms with Crippen LogP contribution in [0.2, 0.25) is 5.02 Å². The summed E-state index contributed by atoms with van der Waals surface area (Å²) in [5.74, 6) is -0.705. The third kappa shape index (κ3) is 3.13. The van der Waals surface area contributed by atoms with Gasteiger partial charge in [-0.2, -0.15) is 0 Å². The molecule has 2 amide bonds. The molecule has 0 spiro atoms. The van der Waals surface area contributed by atoms with Crippen LogP contribution in [-0.4, -0.2) is 25.5 Å². The molecule has 6 heteroatoms. The number of amides is 2. The van der Waals surface area contributed by atoms with Gasteiger partial charge in [0, 0.05) is 5.02 Å². The van der Waals surface area contributed by atoms with Crippen molar-refractivity contribution in [2.45, 2.75) is 0 Å². The number of nitrogens with one attached hydrogen (secondary N) is 1. The number of benzene rings is 1. The molecular weight excluding hydrogens is 232 g/mol. The van der Waals surface area contributed by atoms with Gasteiger partial charge in [-0.15, -0.1) is 0 Å². The fourth-order valence-electron chi connectivity index (χ4n) is 1.12. The molecule has 0 aromatic heterocycles. The average Bonchev–Trinajstić information content (AvgIpc) is 2.25. The van der Waals surface area contributed by atoms with Gasteiger partial charge in [0.2, 0.25) is 5.91 Å². The highest BCUT2D eigenvalue weighted by molar-refractivity contribution is 6.30. The lowest BCUT2D eigenvalue weighted by molar-refractivity contribution is -0.117. The van der Waals surface area contributed by atoms with Crippen molar-refractivity contribution in [2.24, 2.45) is 5.73 Å². The zero-order chi connectivity index (χ0) is 12.1. The summed E-state index contributed by atoms with van der Waals surface area (Å²) in [4.78, 5) is 22.1. The van der Waals surface area contributed by atoms with Crippen LogP contribution in [0.1, 0.15) is 10.4 Å². The largest absolute Gasteiger partial charge is 0.496 e. The molecule has 5 nitrogen and oxygen atoms in total. The number of hydrogen-bond acceptors (Lipinski definition) is 3. The van der Waals surface area contributed by atoms with Crippen molar-refractivity contribution in [3.05, 3.63) is 28.8 Å². The normalized spacial score (nSPS) is 9.62. The van der Waals surface area contributed by atoms with Crippen LogP contribution in [0.15, 0.2) is 18.2 Å². The van der Waals surface area contributed by atoms with E-state index in [2.05, 4.69) is 5.32 Å². The molecule has 86 valence electrons. The molecule has 3 N–H and O–H groups in total. The van der Waals surface area contributed by atoms with E-state index in [0.717, 1.165) is 0 Å². The van der Waals surface area contributed by atoms with Crippen LogP contribution in [-0.2, 0) is 4.79 Å². The Morgan fingerprint density at radius 3 is 2.75 bits per heavy atom. The molecule has 0 aliphatic rings. The number of ether oxygens (including phenoxy) is 1. The highest BCUT2D eigenvalue weighted by atomic mass is 35.5. The van der Waals surface area contributed by atoms with Crippen LogP contribution in [0, 0.1) is 0 Å². The second kappa shape index (κ2) is 5.37. The lowest BCUT2D eigenvalue weighted by atomic mass is 10.2. The Labute approximate surface area is 97.5 Å². The van der Waals surface area contributed by atoms with Gasteiger partial charge in [0.25, 0.3) is 5.91 Å². The van der Waals surface area contributed by atoms with Gasteiger partial charge in [-0.25, -0.2) is 0 Å². The average molecular weight is 243 g/mol. The molecule has 0 saturated carbocycles. The van der Waals surface area contributed by atoms with E-state index < -0.39 is 11.8 Å². The lowest BCUT2D eigenvalue weighted by Gasteiger charge is -2.08. The molecule has 0 heterocycles. The first-order valence-corrected chi connectivity index (χ1v) is 4.82. The number of hydrogen-bond donors (Lipinski definition) is 2. The second-order valence-electron chi connectivity index (χ2n) is 2.99. The smallest absolute Gasteiger partial charge is 0.255 e. The molecule has 1 aromatic rings. The van der Waals surface area contributed by atoms with E-state index in [-0.39, 0.29) is 6.54 Å². The molecule has 0 saturated heterocycles. The summed E-state index contributed by atoms with van der Waals surface area (Å²) in [6.45, 7) is -0.218. The van der Waals surface area contributed by atoms with E-state index in [1.807, 2.05) is 0 Å². The maximum atomic E-state index is 11.6. The fraction of sp³-hybridized carbons (Fsp3) is 0.200. The highest BCUT2D eigenvalue weighted by Gasteiger charge is 2.12. The summed E-state index contributed by atoms with van der Waals surface area (Å²) in [6.07, 6.45) is 0. The van der Waals surface area contributed by atoms with Crippen molar-refractivity contribution in [1.29, 1.82) is 0 Å². The Morgan fingerprint density at radius 2 is 2.19 bits per heavy atom. The molecule has 1 aromatic carbocycles. The van der Waals surface area contributed by atoms with Crippen molar-refractivity contribution in [1.82, 2.24) is 5.32 Å². The van der Waals surface area contributed by atoms with E-state index in [4.69, 9.17) is 22.1 Å². The zero-order valence-electron chi connectivity index (χ0n) is 8.62. The van der Waals surface area contributed by atoms with Crippen molar-refractivity contribution < 1.29 is 14.3 Å². The number of carbonyl (C=O) groups is 2. The number of rotatable bonds is 4. The van der Waals surface area contributed by atoms with Crippen molar-refractivity contribution >= 4 is 23.4 Å². The predicted molar refractivity (Wildman–Crippen MR) is 59.5 cm³/mol. The molecular formula is C10H11ClN2O3. The van der Waals surface area contributed by atoms with Crippen molar-refractivity contribution in [3.63, 3.8) is 0 Å². The summed E-state index contributed by atoms with van der Waals surface area (Å²) in [6, 6.07) is 4.58. The highest BCUT2D eigenvalue weighted by Crippen LogP contribution is 2.22. The maximum Gasteiger partial charge on any atom is 0.255 e. The summed E-state index contributed by atoms with van der Waals surface area (Å²) >= 11 is 5.74. The van der Waals surface area contributed by atoms with Crippen LogP contribution in [0.5, 0.6) is 5.75 Å². The molecule has 0 aliphatic heterocycles. The van der Waals surface area contributed by atoms with Gasteiger partial charge in [-0.3, -0.25) is 9.59 Å². The van der Waals surface area contributed by atoms with Crippen LogP contribution in [0.4, 0.5) is 0 Å². The Hall–Kier alpha value is -1.75. The van der Waals surface area contributed by atoms with Crippen LogP contribution < -0.4 is 15.8 Å². The van der Waals surface area contributed by atoms with E-state index in [9.17, 15) is 9.59 Å². The monoisotopic (exact) mass is 242 g/mol. The third-order valence-corrected chi connectivity index (χ3v) is 2.07. The zero-order valence-corrected chi connectivity index (χ0v) is 9.38. The molecule has 0 atom stereocenters. The molecule has 0 fully saturated rings. The van der Waals surface area contributed by atoms with Gasteiger partial charge in [0.05, 0.1) is 19.2 Å². The SMILES string of the molecule is COc1cc(Cl)ccc1C(=O)NCC(N)=O. The van der Waals surface area contributed by atoms with Crippen LogP contribution in [0.25, 0.3) is 0 Å². The Balaban J connectivity index is 2.86. The number of methoxy groups -OCH3 is 1. The van der Waals surface area contributed by atoms with E-state index in [0.29, 0.717) is 16.3 Å². The summed E-state index contributed by atoms with van der Waals surface area (Å²) < 4.78 is 4.99. The van der Waals surface area contributed by atoms with E-state index in [1.165, 1.54) is 19.2 Å². The molecule has 1 rings (SSSR count). The van der Waals surface area contributed by atoms with Gasteiger partial charge in [-0.05, 0) is 18.2 Å². The maximum absolute atomic E-state index is 11.6. The predicted octanol–water partition coefficient (Wildman–Crippen LogP) is 0.564. The standard InChI is InChI=1S/C10H11ClN2O3/c1-16-8-4-6(11)2-3-7(8)10(15)13-5-9(12)14/h2-4H,5H2,1H3,(H2,12,14)(H,13,15). The molecule has 0 radical (unpaired) electrons. The number of halogens is 1. The summed E-state index contributed by atoms with van der Waals surface area (Å²) in [7, 11) is 1.43. The number of carbonyl (C=O) groups excluding carboxylic acids is 2. The van der Waals surface area contributed by atoms with E-state index >= 15 is 0 Å². The quantitative estimate of drug-likeness (QED) is 0.810. The third-order valence-electron chi connectivity index (χ3n) is 1.83. The minimum absolute atomic E-state index is 0.218. The first kappa shape index (κ1) is 12.3. The van der Waals surface area contributed by atoms with E-state index in [1.54, 1.807) is 6.07 Å². The minimum Gasteiger partial charge on any atom is -0.496 e. The number of primary amides is 1. The van der Waals surface area contributed by atoms with Crippen molar-refractivity contribution in [3.8, 4) is 5.75 Å². The Morgan fingerprint density at radius 1 is 1.50 bits per heavy atom. The van der Waals surface area contributed by atoms with Gasteiger partial charge in [0.1, 0.15) is 5.75 Å². The van der Waals surface area contributed by atoms with Gasteiger partial charge in [-0.1, -0.05) is 11.6 Å².